The summed E-state index contributed by atoms with van der Waals surface area (Å²) in [6.45, 7) is 2.01. The van der Waals surface area contributed by atoms with Crippen molar-refractivity contribution in [2.75, 3.05) is 0 Å². The zero-order valence-electron chi connectivity index (χ0n) is 10.0. The lowest BCUT2D eigenvalue weighted by molar-refractivity contribution is -0.126. The smallest absolute Gasteiger partial charge is 0.224 e. The van der Waals surface area contributed by atoms with Gasteiger partial charge in [-0.05, 0) is 25.3 Å². The number of ketones is 1. The lowest BCUT2D eigenvalue weighted by Gasteiger charge is -2.10. The molecule has 17 heavy (non-hydrogen) atoms. The zero-order valence-corrected chi connectivity index (χ0v) is 10.0. The van der Waals surface area contributed by atoms with Gasteiger partial charge in [-0.2, -0.15) is 0 Å². The molecule has 3 nitrogen and oxygen atoms in total. The van der Waals surface area contributed by atoms with Crippen LogP contribution in [0.5, 0.6) is 0 Å². The molecule has 1 amide bonds. The number of carbonyl (C=O) groups is 2. The highest BCUT2D eigenvalue weighted by Crippen LogP contribution is 2.14. The number of aryl methyl sites for hydroxylation is 1. The van der Waals surface area contributed by atoms with Gasteiger partial charge in [0.05, 0.1) is 12.5 Å². The minimum absolute atomic E-state index is 0.0610. The Morgan fingerprint density at radius 1 is 1.35 bits per heavy atom. The van der Waals surface area contributed by atoms with E-state index < -0.39 is 0 Å². The molecule has 0 aromatic heterocycles. The average Bonchev–Trinajstić information content (AvgIpc) is 2.68. The van der Waals surface area contributed by atoms with E-state index in [4.69, 9.17) is 0 Å². The molecule has 1 fully saturated rings. The predicted molar refractivity (Wildman–Crippen MR) is 65.7 cm³/mol. The number of benzene rings is 1. The largest absolute Gasteiger partial charge is 0.346 e. The first-order chi connectivity index (χ1) is 8.15. The Kier molecular flexibility index (Phi) is 3.57. The van der Waals surface area contributed by atoms with Crippen LogP contribution in [0.25, 0.3) is 0 Å². The summed E-state index contributed by atoms with van der Waals surface area (Å²) in [4.78, 5) is 23.1. The molecule has 0 heterocycles. The molecule has 1 aromatic rings. The van der Waals surface area contributed by atoms with Crippen molar-refractivity contribution in [3.05, 3.63) is 35.4 Å². The van der Waals surface area contributed by atoms with Crippen molar-refractivity contribution in [2.45, 2.75) is 38.6 Å². The highest BCUT2D eigenvalue weighted by atomic mass is 16.2. The van der Waals surface area contributed by atoms with Gasteiger partial charge < -0.3 is 5.32 Å². The summed E-state index contributed by atoms with van der Waals surface area (Å²) in [6, 6.07) is 7.64. The first kappa shape index (κ1) is 11.8. The van der Waals surface area contributed by atoms with E-state index in [1.165, 1.54) is 5.56 Å². The highest BCUT2D eigenvalue weighted by molar-refractivity contribution is 5.91. The number of amides is 1. The molecule has 0 aliphatic heterocycles. The molecule has 1 unspecified atom stereocenters. The third-order valence-corrected chi connectivity index (χ3v) is 3.13. The Morgan fingerprint density at radius 2 is 2.06 bits per heavy atom. The number of nitrogens with one attached hydrogen (secondary N) is 1. The van der Waals surface area contributed by atoms with Gasteiger partial charge >= 0.3 is 0 Å². The summed E-state index contributed by atoms with van der Waals surface area (Å²) >= 11 is 0. The van der Waals surface area contributed by atoms with E-state index in [1.54, 1.807) is 0 Å². The maximum absolute atomic E-state index is 11.7. The maximum atomic E-state index is 11.7. The maximum Gasteiger partial charge on any atom is 0.224 e. The van der Waals surface area contributed by atoms with Crippen LogP contribution in [0, 0.1) is 6.92 Å². The van der Waals surface area contributed by atoms with E-state index in [0.717, 1.165) is 18.4 Å². The monoisotopic (exact) mass is 231 g/mol. The Labute approximate surface area is 101 Å². The molecular formula is C14H17NO2. The van der Waals surface area contributed by atoms with Crippen LogP contribution in [0.2, 0.25) is 0 Å². The Morgan fingerprint density at radius 3 is 2.65 bits per heavy atom. The van der Waals surface area contributed by atoms with Crippen LogP contribution >= 0.6 is 0 Å². The quantitative estimate of drug-likeness (QED) is 0.861. The molecule has 0 spiro atoms. The molecule has 1 N–H and O–H groups in total. The molecule has 90 valence electrons. The number of hydrogen-bond acceptors (Lipinski definition) is 2. The minimum atomic E-state index is -0.243. The number of hydrogen-bond donors (Lipinski definition) is 1. The van der Waals surface area contributed by atoms with E-state index in [1.807, 2.05) is 31.2 Å². The van der Waals surface area contributed by atoms with E-state index in [0.29, 0.717) is 12.8 Å². The fourth-order valence-corrected chi connectivity index (χ4v) is 2.10. The number of carbonyl (C=O) groups excluding carboxylic acids is 2. The van der Waals surface area contributed by atoms with Gasteiger partial charge in [-0.25, -0.2) is 0 Å². The van der Waals surface area contributed by atoms with Crippen molar-refractivity contribution in [1.29, 1.82) is 0 Å². The lowest BCUT2D eigenvalue weighted by Crippen LogP contribution is -2.38. The lowest BCUT2D eigenvalue weighted by atomic mass is 10.1. The van der Waals surface area contributed by atoms with Crippen molar-refractivity contribution in [1.82, 2.24) is 5.32 Å². The van der Waals surface area contributed by atoms with Crippen LogP contribution in [0.4, 0.5) is 0 Å². The van der Waals surface area contributed by atoms with Gasteiger partial charge in [-0.3, -0.25) is 9.59 Å². The van der Waals surface area contributed by atoms with Gasteiger partial charge in [0.1, 0.15) is 0 Å². The molecule has 0 saturated heterocycles. The minimum Gasteiger partial charge on any atom is -0.346 e. The normalized spacial score (nSPS) is 19.4. The Hall–Kier alpha value is -1.64. The van der Waals surface area contributed by atoms with Crippen molar-refractivity contribution < 1.29 is 9.59 Å². The SMILES string of the molecule is Cc1ccc(CC(=O)NC2CCCC2=O)cc1. The second-order valence-corrected chi connectivity index (χ2v) is 4.64. The van der Waals surface area contributed by atoms with Gasteiger partial charge in [-0.1, -0.05) is 29.8 Å². The molecule has 0 radical (unpaired) electrons. The van der Waals surface area contributed by atoms with Crippen molar-refractivity contribution in [3.63, 3.8) is 0 Å². The van der Waals surface area contributed by atoms with Gasteiger partial charge in [0, 0.05) is 6.42 Å². The molecule has 1 aliphatic carbocycles. The highest BCUT2D eigenvalue weighted by Gasteiger charge is 2.25. The zero-order chi connectivity index (χ0) is 12.3. The third kappa shape index (κ3) is 3.16. The van der Waals surface area contributed by atoms with Crippen LogP contribution in [0.15, 0.2) is 24.3 Å². The molecule has 2 rings (SSSR count). The Bertz CT molecular complexity index is 422. The summed E-state index contributed by atoms with van der Waals surface area (Å²) in [5, 5.41) is 2.80. The number of rotatable bonds is 3. The summed E-state index contributed by atoms with van der Waals surface area (Å²) in [5.74, 6) is 0.108. The molecule has 1 aliphatic rings. The van der Waals surface area contributed by atoms with Crippen LogP contribution in [-0.4, -0.2) is 17.7 Å². The van der Waals surface area contributed by atoms with Crippen LogP contribution < -0.4 is 5.32 Å². The second kappa shape index (κ2) is 5.13. The summed E-state index contributed by atoms with van der Waals surface area (Å²) in [7, 11) is 0. The molecule has 3 heteroatoms. The number of Topliss-reactive ketones (excluding diaryl/α,β-unsaturated/α-hetero) is 1. The van der Waals surface area contributed by atoms with Gasteiger partial charge in [0.15, 0.2) is 5.78 Å². The molecule has 1 atom stereocenters. The van der Waals surface area contributed by atoms with Crippen molar-refractivity contribution in [3.8, 4) is 0 Å². The van der Waals surface area contributed by atoms with E-state index in [2.05, 4.69) is 5.32 Å². The molecule has 0 bridgehead atoms. The van der Waals surface area contributed by atoms with Crippen LogP contribution in [0.1, 0.15) is 30.4 Å². The molecular weight excluding hydrogens is 214 g/mol. The van der Waals surface area contributed by atoms with Gasteiger partial charge in [-0.15, -0.1) is 0 Å². The average molecular weight is 231 g/mol. The van der Waals surface area contributed by atoms with Crippen LogP contribution in [-0.2, 0) is 16.0 Å². The van der Waals surface area contributed by atoms with E-state index >= 15 is 0 Å². The summed E-state index contributed by atoms with van der Waals surface area (Å²) in [5.41, 5.74) is 2.17. The first-order valence-corrected chi connectivity index (χ1v) is 6.03. The van der Waals surface area contributed by atoms with Gasteiger partial charge in [0.25, 0.3) is 0 Å². The van der Waals surface area contributed by atoms with Crippen molar-refractivity contribution >= 4 is 11.7 Å². The molecule has 1 saturated carbocycles. The second-order valence-electron chi connectivity index (χ2n) is 4.64. The van der Waals surface area contributed by atoms with Crippen LogP contribution in [0.3, 0.4) is 0 Å². The van der Waals surface area contributed by atoms with E-state index in [-0.39, 0.29) is 17.7 Å². The molecule has 1 aromatic carbocycles. The summed E-state index contributed by atoms with van der Waals surface area (Å²) in [6.07, 6.45) is 2.65. The van der Waals surface area contributed by atoms with Crippen molar-refractivity contribution in [2.24, 2.45) is 0 Å². The summed E-state index contributed by atoms with van der Waals surface area (Å²) < 4.78 is 0. The first-order valence-electron chi connectivity index (χ1n) is 6.03. The Balaban J connectivity index is 1.88. The standard InChI is InChI=1S/C14H17NO2/c1-10-5-7-11(8-6-10)9-14(17)15-12-3-2-4-13(12)16/h5-8,12H,2-4,9H2,1H3,(H,15,17). The fourth-order valence-electron chi connectivity index (χ4n) is 2.10. The fraction of sp³-hybridized carbons (Fsp3) is 0.429. The predicted octanol–water partition coefficient (Wildman–Crippen LogP) is 1.78. The topological polar surface area (TPSA) is 46.2 Å². The van der Waals surface area contributed by atoms with E-state index in [9.17, 15) is 9.59 Å². The third-order valence-electron chi connectivity index (χ3n) is 3.13. The van der Waals surface area contributed by atoms with Gasteiger partial charge in [0.2, 0.25) is 5.91 Å².